The third-order valence-electron chi connectivity index (χ3n) is 3.90. The lowest BCUT2D eigenvalue weighted by molar-refractivity contribution is 0.0949. The molecule has 0 bridgehead atoms. The number of H-pyrrole nitrogens is 1. The smallest absolute Gasteiger partial charge is 0.346 e. The Labute approximate surface area is 174 Å². The van der Waals surface area contributed by atoms with Crippen LogP contribution in [0.3, 0.4) is 0 Å². The largest absolute Gasteiger partial charge is 0.493 e. The summed E-state index contributed by atoms with van der Waals surface area (Å²) in [4.78, 5) is 30.6. The zero-order valence-electron chi connectivity index (χ0n) is 15.6. The van der Waals surface area contributed by atoms with Crippen molar-refractivity contribution in [1.29, 1.82) is 0 Å². The normalized spacial score (nSPS) is 10.7. The van der Waals surface area contributed by atoms with E-state index in [2.05, 4.69) is 36.4 Å². The van der Waals surface area contributed by atoms with Gasteiger partial charge in [-0.3, -0.25) is 4.79 Å². The molecule has 0 saturated heterocycles. The molecule has 0 aliphatic heterocycles. The lowest BCUT2D eigenvalue weighted by atomic mass is 10.1. The molecule has 2 aromatic carbocycles. The number of hydrazone groups is 1. The lowest BCUT2D eigenvalue weighted by Gasteiger charge is -2.10. The van der Waals surface area contributed by atoms with Crippen LogP contribution in [0.2, 0.25) is 0 Å². The Balaban J connectivity index is 1.83. The van der Waals surface area contributed by atoms with E-state index < -0.39 is 11.6 Å². The number of aromatic amines is 1. The number of hydrogen-bond acceptors (Lipinski definition) is 6. The first-order valence-electron chi connectivity index (χ1n) is 8.43. The number of amides is 1. The summed E-state index contributed by atoms with van der Waals surface area (Å²) in [5.74, 6) is 0.400. The van der Waals surface area contributed by atoms with E-state index >= 15 is 0 Å². The van der Waals surface area contributed by atoms with Crippen molar-refractivity contribution in [3.05, 3.63) is 74.7 Å². The van der Waals surface area contributed by atoms with Crippen LogP contribution in [0.15, 0.2) is 62.9 Å². The monoisotopic (exact) mass is 456 g/mol. The summed E-state index contributed by atoms with van der Waals surface area (Å²) in [5.41, 5.74) is 3.50. The van der Waals surface area contributed by atoms with Gasteiger partial charge in [-0.1, -0.05) is 46.3 Å². The van der Waals surface area contributed by atoms with Crippen LogP contribution >= 0.6 is 15.9 Å². The molecule has 3 rings (SSSR count). The van der Waals surface area contributed by atoms with Crippen LogP contribution in [0.4, 0.5) is 0 Å². The quantitative estimate of drug-likeness (QED) is 0.438. The number of halogens is 1. The van der Waals surface area contributed by atoms with Gasteiger partial charge in [0.05, 0.1) is 26.1 Å². The number of benzene rings is 2. The molecule has 2 N–H and O–H groups in total. The topological polar surface area (TPSA) is 106 Å². The molecule has 1 aromatic heterocycles. The molecule has 0 aliphatic carbocycles. The Bertz CT molecular complexity index is 1110. The summed E-state index contributed by atoms with van der Waals surface area (Å²) < 4.78 is 11.4. The van der Waals surface area contributed by atoms with E-state index in [-0.39, 0.29) is 5.69 Å². The molecule has 0 atom stereocenters. The van der Waals surface area contributed by atoms with Gasteiger partial charge in [0, 0.05) is 15.6 Å². The highest BCUT2D eigenvalue weighted by atomic mass is 79.9. The zero-order valence-corrected chi connectivity index (χ0v) is 17.2. The number of hydrogen-bond donors (Lipinski definition) is 2. The molecule has 0 unspecified atom stereocenters. The van der Waals surface area contributed by atoms with E-state index in [1.165, 1.54) is 26.5 Å². The van der Waals surface area contributed by atoms with E-state index in [4.69, 9.17) is 9.47 Å². The van der Waals surface area contributed by atoms with Crippen molar-refractivity contribution in [2.75, 3.05) is 14.2 Å². The van der Waals surface area contributed by atoms with Gasteiger partial charge in [-0.25, -0.2) is 10.2 Å². The molecule has 1 amide bonds. The molecule has 3 aromatic rings. The fourth-order valence-corrected chi connectivity index (χ4v) is 3.07. The molecule has 0 aliphatic rings. The molecule has 148 valence electrons. The highest BCUT2D eigenvalue weighted by Gasteiger charge is 2.12. The highest BCUT2D eigenvalue weighted by Crippen LogP contribution is 2.33. The number of methoxy groups -OCH3 is 2. The molecule has 0 spiro atoms. The fourth-order valence-electron chi connectivity index (χ4n) is 2.61. The Morgan fingerprint density at radius 2 is 1.93 bits per heavy atom. The van der Waals surface area contributed by atoms with Crippen LogP contribution in [-0.4, -0.2) is 36.3 Å². The minimum atomic E-state index is -0.626. The Hall–Kier alpha value is -3.46. The molecular weight excluding hydrogens is 440 g/mol. The van der Waals surface area contributed by atoms with Gasteiger partial charge in [0.1, 0.15) is 5.69 Å². The van der Waals surface area contributed by atoms with E-state index in [1.807, 2.05) is 18.2 Å². The van der Waals surface area contributed by atoms with Crippen molar-refractivity contribution < 1.29 is 14.3 Å². The first kappa shape index (κ1) is 20.3. The Morgan fingerprint density at radius 1 is 1.17 bits per heavy atom. The lowest BCUT2D eigenvalue weighted by Crippen LogP contribution is -2.24. The molecule has 0 fully saturated rings. The maximum atomic E-state index is 12.4. The van der Waals surface area contributed by atoms with Gasteiger partial charge in [0.25, 0.3) is 5.91 Å². The predicted octanol–water partition coefficient (Wildman–Crippen LogP) is 2.98. The third-order valence-corrected chi connectivity index (χ3v) is 4.36. The SMILES string of the molecule is COc1cc(Br)cc(/C=N/NC(=O)c2cc(-c3ccccc3)nc(=O)[nH]2)c1OC. The average molecular weight is 457 g/mol. The minimum absolute atomic E-state index is 0.0415. The summed E-state index contributed by atoms with van der Waals surface area (Å²) in [6.07, 6.45) is 1.42. The average Bonchev–Trinajstić information content (AvgIpc) is 2.73. The predicted molar refractivity (Wildman–Crippen MR) is 113 cm³/mol. The molecule has 8 nitrogen and oxygen atoms in total. The van der Waals surface area contributed by atoms with Crippen LogP contribution in [-0.2, 0) is 0 Å². The first-order valence-corrected chi connectivity index (χ1v) is 9.23. The van der Waals surface area contributed by atoms with Crippen LogP contribution < -0.4 is 20.6 Å². The van der Waals surface area contributed by atoms with Gasteiger partial charge in [-0.15, -0.1) is 0 Å². The molecule has 0 radical (unpaired) electrons. The Morgan fingerprint density at radius 3 is 2.62 bits per heavy atom. The van der Waals surface area contributed by atoms with Crippen molar-refractivity contribution in [1.82, 2.24) is 15.4 Å². The Kier molecular flexibility index (Phi) is 6.40. The molecule has 29 heavy (non-hydrogen) atoms. The van der Waals surface area contributed by atoms with Gasteiger partial charge in [-0.05, 0) is 18.2 Å². The van der Waals surface area contributed by atoms with Crippen LogP contribution in [0.1, 0.15) is 16.1 Å². The maximum Gasteiger partial charge on any atom is 0.346 e. The number of carbonyl (C=O) groups excluding carboxylic acids is 1. The van der Waals surface area contributed by atoms with Crippen LogP contribution in [0, 0.1) is 0 Å². The van der Waals surface area contributed by atoms with E-state index in [1.54, 1.807) is 24.3 Å². The number of aromatic nitrogens is 2. The summed E-state index contributed by atoms with van der Waals surface area (Å²) in [7, 11) is 3.03. The fraction of sp³-hybridized carbons (Fsp3) is 0.100. The van der Waals surface area contributed by atoms with E-state index in [0.717, 1.165) is 10.0 Å². The molecular formula is C20H17BrN4O4. The highest BCUT2D eigenvalue weighted by molar-refractivity contribution is 9.10. The molecule has 0 saturated carbocycles. The second-order valence-electron chi connectivity index (χ2n) is 5.78. The van der Waals surface area contributed by atoms with Crippen LogP contribution in [0.25, 0.3) is 11.3 Å². The van der Waals surface area contributed by atoms with E-state index in [0.29, 0.717) is 22.8 Å². The summed E-state index contributed by atoms with van der Waals surface area (Å²) in [6.45, 7) is 0. The van der Waals surface area contributed by atoms with Gasteiger partial charge >= 0.3 is 5.69 Å². The number of nitrogens with one attached hydrogen (secondary N) is 2. The summed E-state index contributed by atoms with van der Waals surface area (Å²) in [6, 6.07) is 14.1. The zero-order chi connectivity index (χ0) is 20.8. The summed E-state index contributed by atoms with van der Waals surface area (Å²) in [5, 5.41) is 3.95. The minimum Gasteiger partial charge on any atom is -0.493 e. The second-order valence-corrected chi connectivity index (χ2v) is 6.70. The maximum absolute atomic E-state index is 12.4. The van der Waals surface area contributed by atoms with Crippen molar-refractivity contribution in [3.63, 3.8) is 0 Å². The van der Waals surface area contributed by atoms with Crippen molar-refractivity contribution in [3.8, 4) is 22.8 Å². The summed E-state index contributed by atoms with van der Waals surface area (Å²) >= 11 is 3.38. The van der Waals surface area contributed by atoms with Gasteiger partial charge in [-0.2, -0.15) is 10.1 Å². The van der Waals surface area contributed by atoms with E-state index in [9.17, 15) is 9.59 Å². The number of carbonyl (C=O) groups is 1. The van der Waals surface area contributed by atoms with Crippen LogP contribution in [0.5, 0.6) is 11.5 Å². The number of nitrogens with zero attached hydrogens (tertiary/aromatic N) is 2. The number of rotatable bonds is 6. The standard InChI is InChI=1S/C20H17BrN4O4/c1-28-17-9-14(21)8-13(18(17)29-2)11-22-25-19(26)16-10-15(23-20(27)24-16)12-6-4-3-5-7-12/h3-11H,1-2H3,(H,25,26)(H,23,24,27)/b22-11+. The van der Waals surface area contributed by atoms with Crippen molar-refractivity contribution in [2.24, 2.45) is 5.10 Å². The third kappa shape index (κ3) is 4.88. The van der Waals surface area contributed by atoms with Crippen molar-refractivity contribution >= 4 is 28.1 Å². The number of ether oxygens (including phenoxy) is 2. The van der Waals surface area contributed by atoms with Crippen molar-refractivity contribution in [2.45, 2.75) is 0 Å². The molecule has 1 heterocycles. The van der Waals surface area contributed by atoms with Gasteiger partial charge in [0.2, 0.25) is 0 Å². The first-order chi connectivity index (χ1) is 14.0. The second kappa shape index (κ2) is 9.16. The van der Waals surface area contributed by atoms with Gasteiger partial charge < -0.3 is 14.5 Å². The van der Waals surface area contributed by atoms with Gasteiger partial charge in [0.15, 0.2) is 11.5 Å². The molecule has 9 heteroatoms.